The molecule has 4 nitrogen and oxygen atoms in total. The summed E-state index contributed by atoms with van der Waals surface area (Å²) >= 11 is 0. The molecule has 0 aromatic heterocycles. The third kappa shape index (κ3) is 5.02. The monoisotopic (exact) mass is 274 g/mol. The highest BCUT2D eigenvalue weighted by molar-refractivity contribution is 5.72. The smallest absolute Gasteiger partial charge is 0.310 e. The van der Waals surface area contributed by atoms with Gasteiger partial charge in [-0.25, -0.2) is 0 Å². The molecule has 0 spiro atoms. The van der Waals surface area contributed by atoms with Crippen molar-refractivity contribution in [2.24, 2.45) is 0 Å². The second kappa shape index (κ2) is 7.84. The molecule has 1 rings (SSSR count). The van der Waals surface area contributed by atoms with Gasteiger partial charge in [-0.3, -0.25) is 4.79 Å². The van der Waals surface area contributed by atoms with Crippen LogP contribution in [0.4, 0.5) is 0 Å². The molecule has 0 saturated heterocycles. The van der Waals surface area contributed by atoms with Crippen LogP contribution in [0.5, 0.6) is 11.5 Å². The Hall–Kier alpha value is -2.49. The summed E-state index contributed by atoms with van der Waals surface area (Å²) in [6, 6.07) is 4.23. The van der Waals surface area contributed by atoms with Crippen molar-refractivity contribution in [3.63, 3.8) is 0 Å². The maximum Gasteiger partial charge on any atom is 0.310 e. The fraction of sp³-hybridized carbons (Fsp3) is 0.188. The minimum Gasteiger partial charge on any atom is -0.504 e. The number of rotatable bonds is 7. The summed E-state index contributed by atoms with van der Waals surface area (Å²) in [5, 5.41) is 18.5. The van der Waals surface area contributed by atoms with Crippen molar-refractivity contribution in [2.75, 3.05) is 6.61 Å². The highest BCUT2D eigenvalue weighted by Crippen LogP contribution is 2.25. The Morgan fingerprint density at radius 1 is 1.25 bits per heavy atom. The summed E-state index contributed by atoms with van der Waals surface area (Å²) in [5.41, 5.74) is 1.52. The second-order valence-corrected chi connectivity index (χ2v) is 4.15. The quantitative estimate of drug-likeness (QED) is 0.456. The Bertz CT molecular complexity index is 529. The lowest BCUT2D eigenvalue weighted by molar-refractivity contribution is -0.142. The molecule has 0 bridgehead atoms. The summed E-state index contributed by atoms with van der Waals surface area (Å²) in [4.78, 5) is 11.6. The number of ether oxygens (including phenoxy) is 1. The number of carbonyl (C=O) groups excluding carboxylic acids is 1. The Morgan fingerprint density at radius 2 is 2.00 bits per heavy atom. The summed E-state index contributed by atoms with van der Waals surface area (Å²) in [5.74, 6) is -0.859. The van der Waals surface area contributed by atoms with Gasteiger partial charge in [-0.05, 0) is 23.3 Å². The van der Waals surface area contributed by atoms with Gasteiger partial charge in [0.15, 0.2) is 11.5 Å². The van der Waals surface area contributed by atoms with Crippen molar-refractivity contribution in [3.05, 3.63) is 60.7 Å². The van der Waals surface area contributed by atoms with Crippen LogP contribution in [0.3, 0.4) is 0 Å². The Kier molecular flexibility index (Phi) is 6.10. The summed E-state index contributed by atoms with van der Waals surface area (Å²) in [6.07, 6.45) is 5.76. The number of benzene rings is 1. The van der Waals surface area contributed by atoms with Gasteiger partial charge in [-0.1, -0.05) is 37.5 Å². The molecule has 1 aromatic rings. The van der Waals surface area contributed by atoms with Crippen LogP contribution in [-0.4, -0.2) is 22.8 Å². The van der Waals surface area contributed by atoms with Crippen LogP contribution in [0.2, 0.25) is 0 Å². The summed E-state index contributed by atoms with van der Waals surface area (Å²) < 4.78 is 5.09. The van der Waals surface area contributed by atoms with E-state index in [0.717, 1.165) is 5.57 Å². The maximum absolute atomic E-state index is 11.6. The van der Waals surface area contributed by atoms with E-state index >= 15 is 0 Å². The Labute approximate surface area is 118 Å². The van der Waals surface area contributed by atoms with Crippen LogP contribution in [0.15, 0.2) is 55.2 Å². The average Bonchev–Trinajstić information content (AvgIpc) is 2.42. The van der Waals surface area contributed by atoms with Gasteiger partial charge in [0.1, 0.15) is 0 Å². The number of hydrogen-bond acceptors (Lipinski definition) is 4. The molecule has 0 fully saturated rings. The van der Waals surface area contributed by atoms with Gasteiger partial charge < -0.3 is 14.9 Å². The third-order valence-corrected chi connectivity index (χ3v) is 2.64. The topological polar surface area (TPSA) is 66.8 Å². The lowest BCUT2D eigenvalue weighted by Gasteiger charge is -2.06. The van der Waals surface area contributed by atoms with Gasteiger partial charge in [0.2, 0.25) is 0 Å². The van der Waals surface area contributed by atoms with Gasteiger partial charge in [0, 0.05) is 6.42 Å². The van der Waals surface area contributed by atoms with E-state index in [1.807, 2.05) is 0 Å². The largest absolute Gasteiger partial charge is 0.504 e. The highest BCUT2D eigenvalue weighted by atomic mass is 16.5. The Morgan fingerprint density at radius 3 is 2.60 bits per heavy atom. The van der Waals surface area contributed by atoms with E-state index in [2.05, 4.69) is 13.2 Å². The number of aromatic hydroxyl groups is 2. The standard InChI is InChI=1S/C16H18O4/c1-3-5-12(4-2)8-9-20-16(19)11-13-6-7-14(17)15(18)10-13/h3-7,10,17-18H,1-2,8-9,11H2/b12-5+. The zero-order chi connectivity index (χ0) is 15.0. The molecule has 0 aliphatic rings. The first-order valence-corrected chi connectivity index (χ1v) is 6.17. The average molecular weight is 274 g/mol. The van der Waals surface area contributed by atoms with Gasteiger partial charge in [0.25, 0.3) is 0 Å². The van der Waals surface area contributed by atoms with E-state index in [0.29, 0.717) is 12.0 Å². The number of allylic oxidation sites excluding steroid dienone is 3. The zero-order valence-corrected chi connectivity index (χ0v) is 11.2. The van der Waals surface area contributed by atoms with Crippen LogP contribution >= 0.6 is 0 Å². The van der Waals surface area contributed by atoms with Gasteiger partial charge in [-0.2, -0.15) is 0 Å². The number of esters is 1. The predicted octanol–water partition coefficient (Wildman–Crippen LogP) is 2.87. The van der Waals surface area contributed by atoms with Crippen LogP contribution in [0, 0.1) is 0 Å². The predicted molar refractivity (Wildman–Crippen MR) is 77.5 cm³/mol. The molecular weight excluding hydrogens is 256 g/mol. The van der Waals surface area contributed by atoms with E-state index in [9.17, 15) is 9.90 Å². The Balaban J connectivity index is 2.44. The minimum atomic E-state index is -0.392. The molecular formula is C16H18O4. The van der Waals surface area contributed by atoms with E-state index in [-0.39, 0.29) is 24.5 Å². The van der Waals surface area contributed by atoms with E-state index < -0.39 is 5.97 Å². The first kappa shape index (κ1) is 15.6. The molecule has 2 N–H and O–H groups in total. The summed E-state index contributed by atoms with van der Waals surface area (Å²) in [7, 11) is 0. The van der Waals surface area contributed by atoms with Crippen molar-refractivity contribution >= 4 is 5.97 Å². The van der Waals surface area contributed by atoms with Crippen LogP contribution in [0.1, 0.15) is 12.0 Å². The number of phenols is 2. The van der Waals surface area contributed by atoms with Gasteiger partial charge in [0.05, 0.1) is 13.0 Å². The van der Waals surface area contributed by atoms with Crippen molar-refractivity contribution in [3.8, 4) is 11.5 Å². The van der Waals surface area contributed by atoms with E-state index in [1.165, 1.54) is 12.1 Å². The molecule has 0 unspecified atom stereocenters. The van der Waals surface area contributed by atoms with Crippen molar-refractivity contribution in [1.82, 2.24) is 0 Å². The normalized spacial score (nSPS) is 10.9. The third-order valence-electron chi connectivity index (χ3n) is 2.64. The number of phenolic OH excluding ortho intramolecular Hbond substituents is 2. The SMILES string of the molecule is C=C/C=C(\C=C)CCOC(=O)Cc1ccc(O)c(O)c1. The minimum absolute atomic E-state index is 0.0441. The van der Waals surface area contributed by atoms with Crippen molar-refractivity contribution in [2.45, 2.75) is 12.8 Å². The van der Waals surface area contributed by atoms with Crippen LogP contribution < -0.4 is 0 Å². The number of carbonyl (C=O) groups is 1. The molecule has 0 saturated carbocycles. The molecule has 0 heterocycles. The maximum atomic E-state index is 11.6. The fourth-order valence-electron chi connectivity index (χ4n) is 1.58. The van der Waals surface area contributed by atoms with E-state index in [4.69, 9.17) is 9.84 Å². The van der Waals surface area contributed by atoms with Crippen molar-refractivity contribution in [1.29, 1.82) is 0 Å². The lowest BCUT2D eigenvalue weighted by atomic mass is 10.1. The molecule has 106 valence electrons. The molecule has 1 aromatic carbocycles. The number of hydrogen-bond donors (Lipinski definition) is 2. The molecule has 0 aliphatic carbocycles. The first-order chi connectivity index (χ1) is 9.56. The van der Waals surface area contributed by atoms with E-state index in [1.54, 1.807) is 24.3 Å². The molecule has 0 amide bonds. The second-order valence-electron chi connectivity index (χ2n) is 4.15. The summed E-state index contributed by atoms with van der Waals surface area (Å²) in [6.45, 7) is 7.50. The molecule has 0 aliphatic heterocycles. The molecule has 4 heteroatoms. The molecule has 0 atom stereocenters. The molecule has 0 radical (unpaired) electrons. The van der Waals surface area contributed by atoms with Gasteiger partial charge >= 0.3 is 5.97 Å². The zero-order valence-electron chi connectivity index (χ0n) is 11.2. The van der Waals surface area contributed by atoms with Crippen LogP contribution in [0.25, 0.3) is 0 Å². The highest BCUT2D eigenvalue weighted by Gasteiger charge is 2.07. The van der Waals surface area contributed by atoms with Crippen LogP contribution in [-0.2, 0) is 16.0 Å². The molecule has 20 heavy (non-hydrogen) atoms. The fourth-order valence-corrected chi connectivity index (χ4v) is 1.58. The van der Waals surface area contributed by atoms with Gasteiger partial charge in [-0.15, -0.1) is 0 Å². The lowest BCUT2D eigenvalue weighted by Crippen LogP contribution is -2.09. The van der Waals surface area contributed by atoms with Crippen molar-refractivity contribution < 1.29 is 19.7 Å². The first-order valence-electron chi connectivity index (χ1n) is 6.17.